The molecule has 0 bridgehead atoms. The number of urea groups is 1. The minimum Gasteiger partial charge on any atom is -0.470 e. The zero-order valence-electron chi connectivity index (χ0n) is 21.2. The van der Waals surface area contributed by atoms with E-state index in [1.807, 2.05) is 46.7 Å². The summed E-state index contributed by atoms with van der Waals surface area (Å²) in [5.74, 6) is 0.592. The van der Waals surface area contributed by atoms with Gasteiger partial charge in [0.15, 0.2) is 6.23 Å². The molecule has 2 aliphatic heterocycles. The highest BCUT2D eigenvalue weighted by atomic mass is 32.1. The smallest absolute Gasteiger partial charge is 0.320 e. The maximum atomic E-state index is 13.3. The van der Waals surface area contributed by atoms with Crippen LogP contribution in [0.4, 0.5) is 16.2 Å². The molecule has 2 aliphatic rings. The average molecular weight is 536 g/mol. The van der Waals surface area contributed by atoms with Crippen LogP contribution in [0.15, 0.2) is 59.3 Å². The van der Waals surface area contributed by atoms with Gasteiger partial charge < -0.3 is 30.7 Å². The molecule has 1 unspecified atom stereocenters. The van der Waals surface area contributed by atoms with E-state index in [1.54, 1.807) is 17.5 Å². The lowest BCUT2D eigenvalue weighted by molar-refractivity contribution is 0.0363. The summed E-state index contributed by atoms with van der Waals surface area (Å²) >= 11 is 1.44. The monoisotopic (exact) mass is 535 g/mol. The number of fused-ring (bicyclic) bond motifs is 1. The highest BCUT2D eigenvalue weighted by Gasteiger charge is 2.26. The zero-order valence-corrected chi connectivity index (χ0v) is 22.0. The third-order valence-electron chi connectivity index (χ3n) is 6.75. The SMILES string of the molecule is Nc1cscc1NC(=O)c1ccc(CN(CCCN2CCOCC2)C(=O)NC2Cc3ccccc3O2)cc1. The second-order valence-corrected chi connectivity index (χ2v) is 10.2. The molecule has 1 saturated heterocycles. The second kappa shape index (κ2) is 12.3. The van der Waals surface area contributed by atoms with E-state index in [4.69, 9.17) is 15.2 Å². The molecular formula is C28H33N5O4S. The number of carbonyl (C=O) groups is 2. The summed E-state index contributed by atoms with van der Waals surface area (Å²) in [6.07, 6.45) is 1.10. The fourth-order valence-corrected chi connectivity index (χ4v) is 5.31. The van der Waals surface area contributed by atoms with Crippen molar-refractivity contribution in [1.29, 1.82) is 0 Å². The lowest BCUT2D eigenvalue weighted by Crippen LogP contribution is -2.47. The molecule has 3 amide bonds. The molecule has 3 aromatic rings. The molecule has 4 N–H and O–H groups in total. The highest BCUT2D eigenvalue weighted by molar-refractivity contribution is 7.09. The number of morpholine rings is 1. The first-order valence-electron chi connectivity index (χ1n) is 12.9. The zero-order chi connectivity index (χ0) is 26.3. The number of hydrogen-bond acceptors (Lipinski definition) is 7. The van der Waals surface area contributed by atoms with E-state index in [9.17, 15) is 9.59 Å². The van der Waals surface area contributed by atoms with Gasteiger partial charge >= 0.3 is 6.03 Å². The van der Waals surface area contributed by atoms with Crippen molar-refractivity contribution in [3.05, 3.63) is 76.0 Å². The molecule has 1 fully saturated rings. The number of nitrogen functional groups attached to an aromatic ring is 1. The quantitative estimate of drug-likeness (QED) is 0.385. The molecule has 2 aromatic carbocycles. The third-order valence-corrected chi connectivity index (χ3v) is 7.52. The Labute approximate surface area is 226 Å². The number of nitrogens with one attached hydrogen (secondary N) is 2. The minimum absolute atomic E-state index is 0.167. The largest absolute Gasteiger partial charge is 0.470 e. The van der Waals surface area contributed by atoms with Gasteiger partial charge in [0.1, 0.15) is 5.75 Å². The molecule has 0 spiro atoms. The maximum Gasteiger partial charge on any atom is 0.320 e. The lowest BCUT2D eigenvalue weighted by atomic mass is 10.1. The van der Waals surface area contributed by atoms with Gasteiger partial charge in [-0.05, 0) is 35.7 Å². The van der Waals surface area contributed by atoms with Crippen molar-refractivity contribution in [3.63, 3.8) is 0 Å². The van der Waals surface area contributed by atoms with Crippen LogP contribution in [0.2, 0.25) is 0 Å². The van der Waals surface area contributed by atoms with Crippen LogP contribution in [0, 0.1) is 0 Å². The molecule has 0 aliphatic carbocycles. The van der Waals surface area contributed by atoms with Crippen LogP contribution in [0.5, 0.6) is 5.75 Å². The van der Waals surface area contributed by atoms with Crippen LogP contribution in [0.25, 0.3) is 0 Å². The topological polar surface area (TPSA) is 109 Å². The summed E-state index contributed by atoms with van der Waals surface area (Å²) in [4.78, 5) is 30.1. The van der Waals surface area contributed by atoms with Crippen molar-refractivity contribution in [2.24, 2.45) is 0 Å². The van der Waals surface area contributed by atoms with E-state index in [0.29, 0.717) is 36.4 Å². The number of amides is 3. The number of benzene rings is 2. The minimum atomic E-state index is -0.391. The first-order chi connectivity index (χ1) is 18.5. The average Bonchev–Trinajstić information content (AvgIpc) is 3.54. The first kappa shape index (κ1) is 26.0. The Morgan fingerprint density at radius 1 is 1.08 bits per heavy atom. The van der Waals surface area contributed by atoms with E-state index in [-0.39, 0.29) is 11.9 Å². The van der Waals surface area contributed by atoms with Gasteiger partial charge in [0.2, 0.25) is 0 Å². The summed E-state index contributed by atoms with van der Waals surface area (Å²) in [7, 11) is 0. The van der Waals surface area contributed by atoms with E-state index >= 15 is 0 Å². The van der Waals surface area contributed by atoms with Gasteiger partial charge in [-0.15, -0.1) is 11.3 Å². The Kier molecular flexibility index (Phi) is 8.42. The molecule has 0 saturated carbocycles. The Morgan fingerprint density at radius 3 is 2.61 bits per heavy atom. The van der Waals surface area contributed by atoms with Gasteiger partial charge in [-0.3, -0.25) is 9.69 Å². The summed E-state index contributed by atoms with van der Waals surface area (Å²) in [5, 5.41) is 9.48. The normalized spacial score (nSPS) is 16.9. The fourth-order valence-electron chi connectivity index (χ4n) is 4.64. The number of thiophene rings is 1. The van der Waals surface area contributed by atoms with Crippen molar-refractivity contribution < 1.29 is 19.1 Å². The predicted octanol–water partition coefficient (Wildman–Crippen LogP) is 3.78. The fraction of sp³-hybridized carbons (Fsp3) is 0.357. The van der Waals surface area contributed by atoms with Gasteiger partial charge in [0, 0.05) is 55.5 Å². The van der Waals surface area contributed by atoms with Crippen molar-refractivity contribution in [3.8, 4) is 5.75 Å². The van der Waals surface area contributed by atoms with E-state index in [1.165, 1.54) is 11.3 Å². The number of nitrogens with two attached hydrogens (primary N) is 1. The molecule has 200 valence electrons. The lowest BCUT2D eigenvalue weighted by Gasteiger charge is -2.29. The van der Waals surface area contributed by atoms with Crippen LogP contribution in [-0.4, -0.2) is 67.4 Å². The van der Waals surface area contributed by atoms with Crippen molar-refractivity contribution in [1.82, 2.24) is 15.1 Å². The highest BCUT2D eigenvalue weighted by Crippen LogP contribution is 2.27. The molecule has 0 radical (unpaired) electrons. The van der Waals surface area contributed by atoms with Gasteiger partial charge in [-0.2, -0.15) is 0 Å². The van der Waals surface area contributed by atoms with E-state index in [0.717, 1.165) is 56.1 Å². The standard InChI is InChI=1S/C28H33N5O4S/c29-23-18-38-19-24(23)30-27(34)21-8-6-20(7-9-21)17-33(11-3-10-32-12-14-36-15-13-32)28(35)31-26-16-22-4-1-2-5-25(22)37-26/h1-2,4-9,18-19,26H,3,10-17,29H2,(H,30,34)(H,31,35). The second-order valence-electron chi connectivity index (χ2n) is 9.49. The number of ether oxygens (including phenoxy) is 2. The van der Waals surface area contributed by atoms with Gasteiger partial charge in [0.25, 0.3) is 5.91 Å². The Balaban J connectivity index is 1.21. The van der Waals surface area contributed by atoms with Gasteiger partial charge in [0.05, 0.1) is 24.6 Å². The molecule has 9 nitrogen and oxygen atoms in total. The van der Waals surface area contributed by atoms with Crippen LogP contribution >= 0.6 is 11.3 Å². The van der Waals surface area contributed by atoms with Crippen molar-refractivity contribution >= 4 is 34.6 Å². The van der Waals surface area contributed by atoms with E-state index in [2.05, 4.69) is 15.5 Å². The molecule has 1 atom stereocenters. The van der Waals surface area contributed by atoms with Crippen LogP contribution in [-0.2, 0) is 17.7 Å². The Bertz CT molecular complexity index is 1220. The number of carbonyl (C=O) groups excluding carboxylic acids is 2. The molecule has 5 rings (SSSR count). The summed E-state index contributed by atoms with van der Waals surface area (Å²) < 4.78 is 11.4. The molecular weight excluding hydrogens is 502 g/mol. The number of hydrogen-bond donors (Lipinski definition) is 3. The van der Waals surface area contributed by atoms with Crippen LogP contribution in [0.1, 0.15) is 27.9 Å². The maximum absolute atomic E-state index is 13.3. The van der Waals surface area contributed by atoms with Crippen LogP contribution < -0.4 is 21.1 Å². The number of anilines is 2. The number of nitrogens with zero attached hydrogens (tertiary/aromatic N) is 2. The molecule has 38 heavy (non-hydrogen) atoms. The van der Waals surface area contributed by atoms with Crippen molar-refractivity contribution in [2.75, 3.05) is 50.4 Å². The van der Waals surface area contributed by atoms with Crippen molar-refractivity contribution in [2.45, 2.75) is 25.6 Å². The summed E-state index contributed by atoms with van der Waals surface area (Å²) in [5.41, 5.74) is 9.60. The number of rotatable bonds is 9. The van der Waals surface area contributed by atoms with Gasteiger partial charge in [-0.25, -0.2) is 4.79 Å². The first-order valence-corrected chi connectivity index (χ1v) is 13.8. The van der Waals surface area contributed by atoms with Gasteiger partial charge in [-0.1, -0.05) is 30.3 Å². The predicted molar refractivity (Wildman–Crippen MR) is 149 cm³/mol. The molecule has 10 heteroatoms. The Morgan fingerprint density at radius 2 is 1.87 bits per heavy atom. The Hall–Kier alpha value is -3.60. The molecule has 1 aromatic heterocycles. The molecule has 3 heterocycles. The third kappa shape index (κ3) is 6.63. The number of para-hydroxylation sites is 1. The summed E-state index contributed by atoms with van der Waals surface area (Å²) in [6, 6.07) is 15.0. The van der Waals surface area contributed by atoms with Crippen LogP contribution in [0.3, 0.4) is 0 Å². The summed E-state index contributed by atoms with van der Waals surface area (Å²) in [6.45, 7) is 5.27. The van der Waals surface area contributed by atoms with E-state index < -0.39 is 6.23 Å².